The molecule has 0 atom stereocenters. The molecule has 0 bridgehead atoms. The van der Waals surface area contributed by atoms with Gasteiger partial charge < -0.3 is 15.2 Å². The molecule has 0 unspecified atom stereocenters. The van der Waals surface area contributed by atoms with Crippen LogP contribution in [0.3, 0.4) is 0 Å². The van der Waals surface area contributed by atoms with Crippen molar-refractivity contribution >= 4 is 27.6 Å². The van der Waals surface area contributed by atoms with Crippen LogP contribution in [-0.4, -0.2) is 86.1 Å². The summed E-state index contributed by atoms with van der Waals surface area (Å²) in [6.07, 6.45) is 5.05. The van der Waals surface area contributed by atoms with Crippen LogP contribution in [-0.2, 0) is 6.54 Å². The Morgan fingerprint density at radius 1 is 0.978 bits per heavy atom. The topological polar surface area (TPSA) is 102 Å². The molecular formula is C33H32F3N9. The number of aromatic nitrogens is 6. The van der Waals surface area contributed by atoms with Gasteiger partial charge in [-0.25, -0.2) is 18.2 Å². The lowest BCUT2D eigenvalue weighted by atomic mass is 10.0. The fourth-order valence-corrected chi connectivity index (χ4v) is 5.82. The number of pyridine rings is 2. The molecule has 0 spiro atoms. The number of likely N-dealkylation sites (tertiary alicyclic amines) is 1. The maximum Gasteiger partial charge on any atom is 0.261 e. The third-order valence-corrected chi connectivity index (χ3v) is 8.03. The van der Waals surface area contributed by atoms with E-state index in [-0.39, 0.29) is 18.8 Å². The summed E-state index contributed by atoms with van der Waals surface area (Å²) >= 11 is 0. The number of nitrogens with one attached hydrogen (secondary N) is 3. The van der Waals surface area contributed by atoms with E-state index in [1.54, 1.807) is 23.5 Å². The molecule has 3 N–H and O–H groups in total. The number of imidazole rings is 1. The Balaban J connectivity index is 1.20. The van der Waals surface area contributed by atoms with Gasteiger partial charge in [-0.15, -0.1) is 0 Å². The molecule has 230 valence electrons. The minimum absolute atomic E-state index is 0.114. The number of halogens is 3. The van der Waals surface area contributed by atoms with Crippen LogP contribution in [0.2, 0.25) is 0 Å². The molecule has 5 heterocycles. The second kappa shape index (κ2) is 11.6. The molecule has 6 aromatic rings. The average molecular weight is 612 g/mol. The summed E-state index contributed by atoms with van der Waals surface area (Å²) in [5, 5.41) is 11.8. The van der Waals surface area contributed by atoms with Crippen molar-refractivity contribution in [2.45, 2.75) is 18.9 Å². The van der Waals surface area contributed by atoms with Crippen molar-refractivity contribution in [3.05, 3.63) is 78.5 Å². The zero-order valence-electron chi connectivity index (χ0n) is 24.9. The molecule has 0 amide bonds. The van der Waals surface area contributed by atoms with E-state index in [9.17, 15) is 13.2 Å². The number of hydrogen-bond acceptors (Lipinski definition) is 7. The summed E-state index contributed by atoms with van der Waals surface area (Å²) in [6.45, 7) is 2.04. The number of fused-ring (bicyclic) bond motifs is 2. The Morgan fingerprint density at radius 3 is 2.69 bits per heavy atom. The predicted molar refractivity (Wildman–Crippen MR) is 169 cm³/mol. The summed E-state index contributed by atoms with van der Waals surface area (Å²) in [5.41, 5.74) is 7.33. The molecule has 2 aromatic carbocycles. The summed E-state index contributed by atoms with van der Waals surface area (Å²) in [4.78, 5) is 21.0. The molecule has 0 radical (unpaired) electrons. The molecule has 7 rings (SSSR count). The number of nitrogens with zero attached hydrogens (tertiary/aromatic N) is 6. The highest BCUT2D eigenvalue weighted by molar-refractivity contribution is 5.97. The standard InChI is InChI=1S/C33H32F3N9/c1-44(2)10-8-38-25-13-22(12-24(34)15-25)29-31-28(5-7-39-29)40-32(41-31)30-26-14-21(3-4-27(26)42-43-30)23-11-20(16-37-17-23)18-45-9-6-33(35,36)19-45/h3-5,7,11-17,38H,6,8-10,18-19H2,1-2H3,(H,40,41)(H,42,43). The smallest absolute Gasteiger partial charge is 0.261 e. The minimum atomic E-state index is -2.63. The van der Waals surface area contributed by atoms with Crippen molar-refractivity contribution in [1.82, 2.24) is 39.9 Å². The average Bonchev–Trinajstić information content (AvgIpc) is 3.72. The first kappa shape index (κ1) is 28.9. The number of hydrogen-bond donors (Lipinski definition) is 3. The highest BCUT2D eigenvalue weighted by Gasteiger charge is 2.37. The summed E-state index contributed by atoms with van der Waals surface area (Å²) in [6, 6.07) is 14.6. The number of likely N-dealkylation sites (N-methyl/N-ethyl adjacent to an activating group) is 1. The highest BCUT2D eigenvalue weighted by Crippen LogP contribution is 2.34. The minimum Gasteiger partial charge on any atom is -0.384 e. The highest BCUT2D eigenvalue weighted by atomic mass is 19.3. The van der Waals surface area contributed by atoms with E-state index in [1.807, 2.05) is 50.5 Å². The Kier molecular flexibility index (Phi) is 7.46. The van der Waals surface area contributed by atoms with Gasteiger partial charge in [-0.3, -0.25) is 20.0 Å². The molecule has 9 nitrogen and oxygen atoms in total. The largest absolute Gasteiger partial charge is 0.384 e. The first-order valence-corrected chi connectivity index (χ1v) is 14.8. The van der Waals surface area contributed by atoms with Crippen LogP contribution in [0.25, 0.3) is 55.8 Å². The zero-order valence-corrected chi connectivity index (χ0v) is 24.9. The van der Waals surface area contributed by atoms with Gasteiger partial charge in [0.1, 0.15) is 17.0 Å². The molecule has 12 heteroatoms. The van der Waals surface area contributed by atoms with Crippen LogP contribution >= 0.6 is 0 Å². The van der Waals surface area contributed by atoms with E-state index >= 15 is 0 Å². The van der Waals surface area contributed by atoms with Crippen molar-refractivity contribution < 1.29 is 13.2 Å². The number of H-pyrrole nitrogens is 2. The van der Waals surface area contributed by atoms with Gasteiger partial charge in [-0.05, 0) is 67.7 Å². The van der Waals surface area contributed by atoms with E-state index in [0.717, 1.165) is 39.7 Å². The van der Waals surface area contributed by atoms with Crippen molar-refractivity contribution in [2.24, 2.45) is 0 Å². The van der Waals surface area contributed by atoms with Crippen molar-refractivity contribution in [1.29, 1.82) is 0 Å². The molecular weight excluding hydrogens is 579 g/mol. The maximum absolute atomic E-state index is 14.7. The third-order valence-electron chi connectivity index (χ3n) is 8.03. The Labute approximate surface area is 257 Å². The van der Waals surface area contributed by atoms with Crippen molar-refractivity contribution in [3.63, 3.8) is 0 Å². The van der Waals surface area contributed by atoms with E-state index in [1.165, 1.54) is 12.1 Å². The van der Waals surface area contributed by atoms with E-state index in [4.69, 9.17) is 4.98 Å². The number of benzene rings is 2. The zero-order chi connectivity index (χ0) is 31.1. The molecule has 1 fully saturated rings. The molecule has 4 aromatic heterocycles. The fraction of sp³-hybridized carbons (Fsp3) is 0.273. The number of anilines is 1. The van der Waals surface area contributed by atoms with Crippen molar-refractivity contribution in [2.75, 3.05) is 45.6 Å². The predicted octanol–water partition coefficient (Wildman–Crippen LogP) is 6.18. The second-order valence-corrected chi connectivity index (χ2v) is 11.8. The fourth-order valence-electron chi connectivity index (χ4n) is 5.82. The number of alkyl halides is 2. The van der Waals surface area contributed by atoms with Crippen LogP contribution < -0.4 is 5.32 Å². The summed E-state index contributed by atoms with van der Waals surface area (Å²) < 4.78 is 42.1. The van der Waals surface area contributed by atoms with Gasteiger partial charge >= 0.3 is 0 Å². The first-order chi connectivity index (χ1) is 21.7. The third kappa shape index (κ3) is 6.11. The van der Waals surface area contributed by atoms with Crippen molar-refractivity contribution in [3.8, 4) is 33.9 Å². The molecule has 1 aliphatic rings. The summed E-state index contributed by atoms with van der Waals surface area (Å²) in [5.74, 6) is -2.45. The monoisotopic (exact) mass is 611 g/mol. The lowest BCUT2D eigenvalue weighted by molar-refractivity contribution is 0.0115. The molecule has 1 aliphatic heterocycles. The number of rotatable bonds is 9. The van der Waals surface area contributed by atoms with Gasteiger partial charge in [-0.2, -0.15) is 5.10 Å². The Bertz CT molecular complexity index is 2000. The van der Waals surface area contributed by atoms with E-state index in [2.05, 4.69) is 35.4 Å². The normalized spacial score (nSPS) is 15.1. The van der Waals surface area contributed by atoms with Gasteiger partial charge in [-0.1, -0.05) is 6.07 Å². The van der Waals surface area contributed by atoms with Gasteiger partial charge in [0.25, 0.3) is 5.92 Å². The van der Waals surface area contributed by atoms with Gasteiger partial charge in [0.2, 0.25) is 0 Å². The van der Waals surface area contributed by atoms with Gasteiger partial charge in [0.05, 0.1) is 23.3 Å². The molecule has 45 heavy (non-hydrogen) atoms. The van der Waals surface area contributed by atoms with E-state index < -0.39 is 5.92 Å². The second-order valence-electron chi connectivity index (χ2n) is 11.8. The SMILES string of the molecule is CN(C)CCNc1cc(F)cc(-c2nccc3[nH]c(-c4n[nH]c5ccc(-c6cncc(CN7CCC(F)(F)C7)c6)cc45)nc23)c1. The maximum atomic E-state index is 14.7. The van der Waals surface area contributed by atoms with E-state index in [0.29, 0.717) is 53.6 Å². The van der Waals surface area contributed by atoms with Crippen LogP contribution in [0.1, 0.15) is 12.0 Å². The van der Waals surface area contributed by atoms with Gasteiger partial charge in [0, 0.05) is 73.4 Å². The number of aromatic amines is 2. The van der Waals surface area contributed by atoms with Gasteiger partial charge in [0.15, 0.2) is 5.82 Å². The molecule has 0 aliphatic carbocycles. The quantitative estimate of drug-likeness (QED) is 0.179. The van der Waals surface area contributed by atoms with Crippen LogP contribution in [0.4, 0.5) is 18.9 Å². The molecule has 0 saturated carbocycles. The van der Waals surface area contributed by atoms with Crippen LogP contribution in [0.15, 0.2) is 67.1 Å². The van der Waals surface area contributed by atoms with Crippen LogP contribution in [0.5, 0.6) is 0 Å². The lowest BCUT2D eigenvalue weighted by Crippen LogP contribution is -2.24. The molecule has 1 saturated heterocycles. The summed E-state index contributed by atoms with van der Waals surface area (Å²) in [7, 11) is 3.97. The Hall–Kier alpha value is -4.81. The Morgan fingerprint density at radius 2 is 1.87 bits per heavy atom. The van der Waals surface area contributed by atoms with Crippen LogP contribution in [0, 0.1) is 5.82 Å². The lowest BCUT2D eigenvalue weighted by Gasteiger charge is -2.15. The first-order valence-electron chi connectivity index (χ1n) is 14.8.